The van der Waals surface area contributed by atoms with Crippen LogP contribution in [0.1, 0.15) is 19.0 Å². The van der Waals surface area contributed by atoms with Gasteiger partial charge in [0.2, 0.25) is 0 Å². The zero-order chi connectivity index (χ0) is 11.9. The lowest BCUT2D eigenvalue weighted by Gasteiger charge is -2.09. The molecule has 0 aromatic carbocycles. The van der Waals surface area contributed by atoms with Gasteiger partial charge in [-0.05, 0) is 25.5 Å². The molecule has 4 heteroatoms. The zero-order valence-electron chi connectivity index (χ0n) is 10.3. The summed E-state index contributed by atoms with van der Waals surface area (Å²) in [4.78, 5) is 4.29. The Morgan fingerprint density at radius 3 is 3.29 bits per heavy atom. The van der Waals surface area contributed by atoms with E-state index in [1.807, 2.05) is 18.3 Å². The Labute approximate surface area is 102 Å². The van der Waals surface area contributed by atoms with Gasteiger partial charge in [0.25, 0.3) is 0 Å². The molecule has 0 radical (unpaired) electrons. The molecule has 94 valence electrons. The third-order valence-corrected chi connectivity index (χ3v) is 2.82. The summed E-state index contributed by atoms with van der Waals surface area (Å²) in [5.74, 6) is 0.562. The summed E-state index contributed by atoms with van der Waals surface area (Å²) < 4.78 is 11.0. The van der Waals surface area contributed by atoms with Crippen LogP contribution in [0.15, 0.2) is 18.3 Å². The highest BCUT2D eigenvalue weighted by atomic mass is 16.5. The first-order chi connectivity index (χ1) is 8.38. The van der Waals surface area contributed by atoms with Gasteiger partial charge in [0.05, 0.1) is 25.5 Å². The molecule has 1 N–H and O–H groups in total. The number of pyridine rings is 1. The van der Waals surface area contributed by atoms with Crippen LogP contribution in [0.4, 0.5) is 5.69 Å². The highest BCUT2D eigenvalue weighted by Gasteiger charge is 2.15. The maximum absolute atomic E-state index is 5.67. The van der Waals surface area contributed by atoms with Crippen molar-refractivity contribution in [2.45, 2.75) is 20.0 Å². The van der Waals surface area contributed by atoms with Crippen LogP contribution in [0.25, 0.3) is 0 Å². The van der Waals surface area contributed by atoms with Gasteiger partial charge in [-0.1, -0.05) is 0 Å². The molecule has 0 bridgehead atoms. The van der Waals surface area contributed by atoms with Crippen LogP contribution < -0.4 is 5.32 Å². The number of nitrogens with one attached hydrogen (secondary N) is 1. The van der Waals surface area contributed by atoms with Crippen molar-refractivity contribution >= 4 is 5.69 Å². The van der Waals surface area contributed by atoms with Gasteiger partial charge in [0.1, 0.15) is 0 Å². The second-order valence-electron chi connectivity index (χ2n) is 4.31. The van der Waals surface area contributed by atoms with Crippen molar-refractivity contribution in [2.75, 3.05) is 31.7 Å². The minimum absolute atomic E-state index is 0.562. The van der Waals surface area contributed by atoms with Gasteiger partial charge >= 0.3 is 0 Å². The molecule has 1 aromatic rings. The average molecular weight is 236 g/mol. The fourth-order valence-corrected chi connectivity index (χ4v) is 1.92. The predicted molar refractivity (Wildman–Crippen MR) is 67.0 cm³/mol. The monoisotopic (exact) mass is 236 g/mol. The summed E-state index contributed by atoms with van der Waals surface area (Å²) in [6.45, 7) is 6.07. The van der Waals surface area contributed by atoms with Crippen molar-refractivity contribution in [3.05, 3.63) is 24.0 Å². The highest BCUT2D eigenvalue weighted by molar-refractivity contribution is 5.42. The SMILES string of the molecule is CCNc1ccnc(COCC2CCOC2)c1. The number of hydrogen-bond donors (Lipinski definition) is 1. The normalized spacial score (nSPS) is 19.5. The summed E-state index contributed by atoms with van der Waals surface area (Å²) in [6, 6.07) is 4.01. The first kappa shape index (κ1) is 12.3. The summed E-state index contributed by atoms with van der Waals surface area (Å²) >= 11 is 0. The number of aromatic nitrogens is 1. The Hall–Kier alpha value is -1.13. The van der Waals surface area contributed by atoms with E-state index in [4.69, 9.17) is 9.47 Å². The molecule has 1 aromatic heterocycles. The number of rotatable bonds is 6. The van der Waals surface area contributed by atoms with Crippen LogP contribution in [0, 0.1) is 5.92 Å². The molecule has 1 fully saturated rings. The Kier molecular flexibility index (Phi) is 4.76. The largest absolute Gasteiger partial charge is 0.385 e. The molecule has 2 heterocycles. The fourth-order valence-electron chi connectivity index (χ4n) is 1.92. The molecular formula is C13H20N2O2. The van der Waals surface area contributed by atoms with Gasteiger partial charge in [-0.15, -0.1) is 0 Å². The van der Waals surface area contributed by atoms with Crippen molar-refractivity contribution in [1.82, 2.24) is 4.98 Å². The molecule has 17 heavy (non-hydrogen) atoms. The van der Waals surface area contributed by atoms with Gasteiger partial charge in [-0.3, -0.25) is 4.98 Å². The van der Waals surface area contributed by atoms with E-state index in [0.29, 0.717) is 12.5 Å². The Morgan fingerprint density at radius 1 is 1.59 bits per heavy atom. The van der Waals surface area contributed by atoms with Gasteiger partial charge in [0.15, 0.2) is 0 Å². The third-order valence-electron chi connectivity index (χ3n) is 2.82. The Morgan fingerprint density at radius 2 is 2.53 bits per heavy atom. The fraction of sp³-hybridized carbons (Fsp3) is 0.615. The summed E-state index contributed by atoms with van der Waals surface area (Å²) in [7, 11) is 0. The van der Waals surface area contributed by atoms with E-state index >= 15 is 0 Å². The quantitative estimate of drug-likeness (QED) is 0.821. The molecule has 0 saturated carbocycles. The lowest BCUT2D eigenvalue weighted by molar-refractivity contribution is 0.0773. The van der Waals surface area contributed by atoms with E-state index in [1.165, 1.54) is 0 Å². The van der Waals surface area contributed by atoms with Crippen molar-refractivity contribution in [3.8, 4) is 0 Å². The third kappa shape index (κ3) is 3.98. The van der Waals surface area contributed by atoms with E-state index in [0.717, 1.165) is 44.2 Å². The minimum atomic E-state index is 0.562. The van der Waals surface area contributed by atoms with Crippen molar-refractivity contribution in [3.63, 3.8) is 0 Å². The van der Waals surface area contributed by atoms with E-state index in [-0.39, 0.29) is 0 Å². The lowest BCUT2D eigenvalue weighted by Crippen LogP contribution is -2.09. The molecule has 2 rings (SSSR count). The Bertz CT molecular complexity index is 338. The van der Waals surface area contributed by atoms with Gasteiger partial charge in [0, 0.05) is 31.0 Å². The first-order valence-electron chi connectivity index (χ1n) is 6.22. The van der Waals surface area contributed by atoms with E-state index in [2.05, 4.69) is 17.2 Å². The first-order valence-corrected chi connectivity index (χ1v) is 6.22. The summed E-state index contributed by atoms with van der Waals surface area (Å²) in [5.41, 5.74) is 2.08. The van der Waals surface area contributed by atoms with Crippen LogP contribution in [-0.4, -0.2) is 31.3 Å². The molecule has 0 spiro atoms. The molecule has 4 nitrogen and oxygen atoms in total. The minimum Gasteiger partial charge on any atom is -0.385 e. The zero-order valence-corrected chi connectivity index (χ0v) is 10.3. The van der Waals surface area contributed by atoms with Crippen LogP contribution in [0.2, 0.25) is 0 Å². The highest BCUT2D eigenvalue weighted by Crippen LogP contribution is 2.14. The molecule has 1 unspecified atom stereocenters. The average Bonchev–Trinajstić information content (AvgIpc) is 2.83. The maximum Gasteiger partial charge on any atom is 0.0888 e. The van der Waals surface area contributed by atoms with E-state index in [9.17, 15) is 0 Å². The standard InChI is InChI=1S/C13H20N2O2/c1-2-14-12-3-5-15-13(7-12)10-17-9-11-4-6-16-8-11/h3,5,7,11H,2,4,6,8-10H2,1H3,(H,14,15). The second-order valence-corrected chi connectivity index (χ2v) is 4.31. The van der Waals surface area contributed by atoms with Gasteiger partial charge in [-0.25, -0.2) is 0 Å². The maximum atomic E-state index is 5.67. The van der Waals surface area contributed by atoms with Crippen molar-refractivity contribution in [2.24, 2.45) is 5.92 Å². The number of nitrogens with zero attached hydrogens (tertiary/aromatic N) is 1. The van der Waals surface area contributed by atoms with Crippen LogP contribution in [0.5, 0.6) is 0 Å². The molecule has 0 aliphatic carbocycles. The molecule has 0 amide bonds. The number of anilines is 1. The molecule has 1 saturated heterocycles. The Balaban J connectivity index is 1.75. The number of ether oxygens (including phenoxy) is 2. The van der Waals surface area contributed by atoms with Crippen LogP contribution >= 0.6 is 0 Å². The second kappa shape index (κ2) is 6.57. The van der Waals surface area contributed by atoms with Crippen molar-refractivity contribution < 1.29 is 9.47 Å². The number of hydrogen-bond acceptors (Lipinski definition) is 4. The van der Waals surface area contributed by atoms with Gasteiger partial charge < -0.3 is 14.8 Å². The van der Waals surface area contributed by atoms with Crippen LogP contribution in [0.3, 0.4) is 0 Å². The predicted octanol–water partition coefficient (Wildman–Crippen LogP) is 2.07. The summed E-state index contributed by atoms with van der Waals surface area (Å²) in [5, 5.41) is 3.26. The van der Waals surface area contributed by atoms with Crippen molar-refractivity contribution in [1.29, 1.82) is 0 Å². The topological polar surface area (TPSA) is 43.4 Å². The van der Waals surface area contributed by atoms with E-state index in [1.54, 1.807) is 0 Å². The molecule has 1 atom stereocenters. The molecule has 1 aliphatic heterocycles. The lowest BCUT2D eigenvalue weighted by atomic mass is 10.1. The molecular weight excluding hydrogens is 216 g/mol. The van der Waals surface area contributed by atoms with Gasteiger partial charge in [-0.2, -0.15) is 0 Å². The van der Waals surface area contributed by atoms with E-state index < -0.39 is 0 Å². The molecule has 1 aliphatic rings. The van der Waals surface area contributed by atoms with Crippen LogP contribution in [-0.2, 0) is 16.1 Å². The smallest absolute Gasteiger partial charge is 0.0888 e. The summed E-state index contributed by atoms with van der Waals surface area (Å²) in [6.07, 6.45) is 2.93.